The molecule has 0 bridgehead atoms. The van der Waals surface area contributed by atoms with Crippen LogP contribution in [0.25, 0.3) is 0 Å². The average Bonchev–Trinajstić information content (AvgIpc) is 2.78. The molecule has 2 aromatic rings. The molecule has 0 saturated carbocycles. The number of thiazole rings is 1. The zero-order chi connectivity index (χ0) is 15.2. The highest BCUT2D eigenvalue weighted by molar-refractivity contribution is 9.10. The lowest BCUT2D eigenvalue weighted by atomic mass is 10.2. The fraction of sp³-hybridized carbons (Fsp3) is 0.333. The minimum atomic E-state index is 0.692. The molecule has 2 rings (SSSR count). The zero-order valence-electron chi connectivity index (χ0n) is 12.4. The van der Waals surface area contributed by atoms with E-state index < -0.39 is 0 Å². The number of hydrogen-bond donors (Lipinski definition) is 2. The topological polar surface area (TPSA) is 49.3 Å². The molecule has 6 heteroatoms. The van der Waals surface area contributed by atoms with E-state index in [-0.39, 0.29) is 0 Å². The molecule has 0 amide bonds. The average molecular weight is 367 g/mol. The van der Waals surface area contributed by atoms with Gasteiger partial charge in [0.15, 0.2) is 5.96 Å². The van der Waals surface area contributed by atoms with Crippen LogP contribution in [-0.2, 0) is 13.1 Å². The summed E-state index contributed by atoms with van der Waals surface area (Å²) in [5, 5.41) is 7.66. The zero-order valence-corrected chi connectivity index (χ0v) is 14.8. The molecule has 0 aliphatic carbocycles. The van der Waals surface area contributed by atoms with E-state index in [4.69, 9.17) is 0 Å². The van der Waals surface area contributed by atoms with Gasteiger partial charge in [-0.2, -0.15) is 0 Å². The van der Waals surface area contributed by atoms with Gasteiger partial charge in [-0.15, -0.1) is 11.3 Å². The van der Waals surface area contributed by atoms with Gasteiger partial charge in [0.2, 0.25) is 0 Å². The predicted octanol–water partition coefficient (Wildman–Crippen LogP) is 3.39. The third-order valence-corrected chi connectivity index (χ3v) is 4.62. The summed E-state index contributed by atoms with van der Waals surface area (Å²) in [5.41, 5.74) is 2.31. The second kappa shape index (κ2) is 7.56. The maximum Gasteiger partial charge on any atom is 0.191 e. The Labute approximate surface area is 137 Å². The van der Waals surface area contributed by atoms with Crippen molar-refractivity contribution in [2.24, 2.45) is 4.99 Å². The Morgan fingerprint density at radius 2 is 2.05 bits per heavy atom. The van der Waals surface area contributed by atoms with E-state index >= 15 is 0 Å². The van der Waals surface area contributed by atoms with Crippen LogP contribution in [0.15, 0.2) is 33.7 Å². The maximum atomic E-state index is 4.51. The number of halogens is 1. The first-order valence-corrected chi connectivity index (χ1v) is 8.31. The molecule has 2 N–H and O–H groups in total. The number of nitrogens with one attached hydrogen (secondary N) is 2. The molecular formula is C15H19BrN4S. The van der Waals surface area contributed by atoms with Crippen molar-refractivity contribution in [2.45, 2.75) is 26.9 Å². The molecule has 0 fully saturated rings. The van der Waals surface area contributed by atoms with E-state index in [2.05, 4.69) is 55.6 Å². The van der Waals surface area contributed by atoms with Crippen LogP contribution >= 0.6 is 27.3 Å². The van der Waals surface area contributed by atoms with Crippen LogP contribution in [0.1, 0.15) is 21.1 Å². The second-order valence-corrected chi connectivity index (χ2v) is 6.86. The van der Waals surface area contributed by atoms with Gasteiger partial charge in [-0.1, -0.05) is 28.1 Å². The maximum absolute atomic E-state index is 4.51. The lowest BCUT2D eigenvalue weighted by Gasteiger charge is -2.11. The molecular weight excluding hydrogens is 348 g/mol. The number of rotatable bonds is 4. The summed E-state index contributed by atoms with van der Waals surface area (Å²) in [7, 11) is 1.77. The van der Waals surface area contributed by atoms with E-state index in [0.29, 0.717) is 6.54 Å². The van der Waals surface area contributed by atoms with E-state index in [1.165, 1.54) is 10.4 Å². The fourth-order valence-electron chi connectivity index (χ4n) is 1.83. The normalized spacial score (nSPS) is 11.5. The van der Waals surface area contributed by atoms with Gasteiger partial charge in [0.05, 0.1) is 12.2 Å². The number of aromatic nitrogens is 1. The van der Waals surface area contributed by atoms with Crippen LogP contribution in [-0.4, -0.2) is 18.0 Å². The van der Waals surface area contributed by atoms with Crippen molar-refractivity contribution in [3.63, 3.8) is 0 Å². The summed E-state index contributed by atoms with van der Waals surface area (Å²) in [6.07, 6.45) is 0. The van der Waals surface area contributed by atoms with E-state index in [0.717, 1.165) is 27.7 Å². The molecule has 112 valence electrons. The summed E-state index contributed by atoms with van der Waals surface area (Å²) >= 11 is 5.20. The van der Waals surface area contributed by atoms with E-state index in [1.807, 2.05) is 19.1 Å². The van der Waals surface area contributed by atoms with Crippen molar-refractivity contribution in [1.29, 1.82) is 0 Å². The smallest absolute Gasteiger partial charge is 0.191 e. The van der Waals surface area contributed by atoms with Gasteiger partial charge in [0.1, 0.15) is 5.01 Å². The first-order valence-electron chi connectivity index (χ1n) is 6.70. The van der Waals surface area contributed by atoms with Crippen LogP contribution in [0.3, 0.4) is 0 Å². The molecule has 0 radical (unpaired) electrons. The van der Waals surface area contributed by atoms with Gasteiger partial charge in [0.25, 0.3) is 0 Å². The predicted molar refractivity (Wildman–Crippen MR) is 92.8 cm³/mol. The molecule has 0 aliphatic heterocycles. The molecule has 0 atom stereocenters. The van der Waals surface area contributed by atoms with Gasteiger partial charge in [-0.05, 0) is 31.5 Å². The summed E-state index contributed by atoms with van der Waals surface area (Å²) < 4.78 is 1.08. The minimum absolute atomic E-state index is 0.692. The second-order valence-electron chi connectivity index (χ2n) is 4.66. The first kappa shape index (κ1) is 16.0. The number of aliphatic imine (C=N–C) groups is 1. The largest absolute Gasteiger partial charge is 0.352 e. The van der Waals surface area contributed by atoms with Gasteiger partial charge in [-0.25, -0.2) is 4.98 Å². The standard InChI is InChI=1S/C15H19BrN4S/c1-10-11(2)21-14(20-10)9-19-15(17-3)18-8-12-5-4-6-13(16)7-12/h4-7H,8-9H2,1-3H3,(H2,17,18,19). The van der Waals surface area contributed by atoms with Crippen LogP contribution in [0.5, 0.6) is 0 Å². The van der Waals surface area contributed by atoms with Crippen LogP contribution < -0.4 is 10.6 Å². The van der Waals surface area contributed by atoms with Crippen molar-refractivity contribution in [3.05, 3.63) is 49.9 Å². The summed E-state index contributed by atoms with van der Waals surface area (Å²) in [5.74, 6) is 0.778. The molecule has 0 saturated heterocycles. The highest BCUT2D eigenvalue weighted by Crippen LogP contribution is 2.16. The molecule has 0 unspecified atom stereocenters. The number of hydrogen-bond acceptors (Lipinski definition) is 3. The molecule has 4 nitrogen and oxygen atoms in total. The quantitative estimate of drug-likeness (QED) is 0.643. The summed E-state index contributed by atoms with van der Waals surface area (Å²) in [4.78, 5) is 10.0. The third-order valence-electron chi connectivity index (χ3n) is 3.05. The lowest BCUT2D eigenvalue weighted by molar-refractivity contribution is 0.803. The third kappa shape index (κ3) is 4.82. The Bertz CT molecular complexity index is 617. The highest BCUT2D eigenvalue weighted by atomic mass is 79.9. The highest BCUT2D eigenvalue weighted by Gasteiger charge is 2.04. The van der Waals surface area contributed by atoms with Crippen molar-refractivity contribution < 1.29 is 0 Å². The number of guanidine groups is 1. The van der Waals surface area contributed by atoms with Gasteiger partial charge in [-0.3, -0.25) is 4.99 Å². The molecule has 0 spiro atoms. The van der Waals surface area contributed by atoms with Crippen molar-refractivity contribution >= 4 is 33.2 Å². The van der Waals surface area contributed by atoms with Crippen LogP contribution in [0, 0.1) is 13.8 Å². The number of nitrogens with zero attached hydrogens (tertiary/aromatic N) is 2. The van der Waals surface area contributed by atoms with E-state index in [1.54, 1.807) is 18.4 Å². The fourth-order valence-corrected chi connectivity index (χ4v) is 3.15. The monoisotopic (exact) mass is 366 g/mol. The molecule has 1 heterocycles. The van der Waals surface area contributed by atoms with Gasteiger partial charge < -0.3 is 10.6 Å². The summed E-state index contributed by atoms with van der Waals surface area (Å²) in [6.45, 7) is 5.55. The van der Waals surface area contributed by atoms with Crippen LogP contribution in [0.2, 0.25) is 0 Å². The molecule has 1 aromatic heterocycles. The van der Waals surface area contributed by atoms with Gasteiger partial charge >= 0.3 is 0 Å². The Morgan fingerprint density at radius 1 is 1.29 bits per heavy atom. The first-order chi connectivity index (χ1) is 10.1. The van der Waals surface area contributed by atoms with Crippen molar-refractivity contribution in [3.8, 4) is 0 Å². The van der Waals surface area contributed by atoms with Crippen LogP contribution in [0.4, 0.5) is 0 Å². The Kier molecular flexibility index (Phi) is 5.76. The Hall–Kier alpha value is -1.40. The number of aryl methyl sites for hydroxylation is 2. The Balaban J connectivity index is 1.86. The van der Waals surface area contributed by atoms with Crippen molar-refractivity contribution in [2.75, 3.05) is 7.05 Å². The summed E-state index contributed by atoms with van der Waals surface area (Å²) in [6, 6.07) is 8.22. The number of benzene rings is 1. The van der Waals surface area contributed by atoms with Crippen molar-refractivity contribution in [1.82, 2.24) is 15.6 Å². The molecule has 0 aliphatic rings. The molecule has 21 heavy (non-hydrogen) atoms. The van der Waals surface area contributed by atoms with Gasteiger partial charge in [0, 0.05) is 22.9 Å². The van der Waals surface area contributed by atoms with E-state index in [9.17, 15) is 0 Å². The SMILES string of the molecule is CN=C(NCc1cccc(Br)c1)NCc1nc(C)c(C)s1. The molecule has 1 aromatic carbocycles. The minimum Gasteiger partial charge on any atom is -0.352 e. The lowest BCUT2D eigenvalue weighted by Crippen LogP contribution is -2.36. The Morgan fingerprint density at radius 3 is 2.67 bits per heavy atom.